The number of carbonyl (C=O) groups excluding carboxylic acids is 1. The van der Waals surface area contributed by atoms with Crippen molar-refractivity contribution in [1.82, 2.24) is 10.2 Å². The molecule has 1 aromatic heterocycles. The summed E-state index contributed by atoms with van der Waals surface area (Å²) in [6, 6.07) is 12.4. The van der Waals surface area contributed by atoms with E-state index in [4.69, 9.17) is 16.0 Å². The van der Waals surface area contributed by atoms with Crippen LogP contribution in [0, 0.1) is 0 Å². The molecule has 0 aliphatic rings. The molecule has 2 aromatic carbocycles. The van der Waals surface area contributed by atoms with Crippen LogP contribution in [0.1, 0.15) is 17.3 Å². The standard InChI is InChI=1S/C18H13ClF2N2O3S/c1-10(15(24)11-2-6-13(19)7-3-11)27-18-23-22-16(26-18)12-4-8-14(9-5-12)25-17(20)21/h2-10,17H,1H3. The number of aromatic nitrogens is 2. The Kier molecular flexibility index (Phi) is 6.08. The molecule has 9 heteroatoms. The maximum absolute atomic E-state index is 12.4. The SMILES string of the molecule is CC(Sc1nnc(-c2ccc(OC(F)F)cc2)o1)C(=O)c1ccc(Cl)cc1. The Morgan fingerprint density at radius 2 is 1.78 bits per heavy atom. The molecule has 0 saturated carbocycles. The van der Waals surface area contributed by atoms with Crippen LogP contribution < -0.4 is 4.74 Å². The Morgan fingerprint density at radius 3 is 2.41 bits per heavy atom. The summed E-state index contributed by atoms with van der Waals surface area (Å²) in [6.07, 6.45) is 0. The lowest BCUT2D eigenvalue weighted by atomic mass is 10.1. The summed E-state index contributed by atoms with van der Waals surface area (Å²) in [5.74, 6) is 0.155. The van der Waals surface area contributed by atoms with Crippen LogP contribution in [0.5, 0.6) is 5.75 Å². The number of halogens is 3. The fraction of sp³-hybridized carbons (Fsp3) is 0.167. The molecule has 1 atom stereocenters. The van der Waals surface area contributed by atoms with E-state index >= 15 is 0 Å². The van der Waals surface area contributed by atoms with E-state index in [1.807, 2.05) is 0 Å². The molecule has 0 amide bonds. The Morgan fingerprint density at radius 1 is 1.11 bits per heavy atom. The van der Waals surface area contributed by atoms with Gasteiger partial charge in [0.2, 0.25) is 5.89 Å². The monoisotopic (exact) mass is 410 g/mol. The van der Waals surface area contributed by atoms with Crippen molar-refractivity contribution >= 4 is 29.1 Å². The third-order valence-corrected chi connectivity index (χ3v) is 4.69. The molecule has 3 aromatic rings. The van der Waals surface area contributed by atoms with Gasteiger partial charge in [0.05, 0.1) is 5.25 Å². The summed E-state index contributed by atoms with van der Waals surface area (Å²) < 4.78 is 34.2. The van der Waals surface area contributed by atoms with Gasteiger partial charge in [-0.05, 0) is 55.5 Å². The second kappa shape index (κ2) is 8.49. The number of carbonyl (C=O) groups is 1. The molecule has 0 fully saturated rings. The summed E-state index contributed by atoms with van der Waals surface area (Å²) in [5, 5.41) is 8.17. The van der Waals surface area contributed by atoms with Crippen LogP contribution in [0.3, 0.4) is 0 Å². The molecular formula is C18H13ClF2N2O3S. The number of ether oxygens (including phenoxy) is 1. The molecule has 0 spiro atoms. The predicted molar refractivity (Wildman–Crippen MR) is 97.5 cm³/mol. The third-order valence-electron chi connectivity index (χ3n) is 3.51. The van der Waals surface area contributed by atoms with E-state index in [0.717, 1.165) is 11.8 Å². The van der Waals surface area contributed by atoms with Crippen molar-refractivity contribution in [2.75, 3.05) is 0 Å². The number of Topliss-reactive ketones (excluding diaryl/α,β-unsaturated/α-hetero) is 1. The number of thioether (sulfide) groups is 1. The zero-order valence-corrected chi connectivity index (χ0v) is 15.5. The van der Waals surface area contributed by atoms with Gasteiger partial charge < -0.3 is 9.15 Å². The van der Waals surface area contributed by atoms with Crippen LogP contribution in [0.4, 0.5) is 8.78 Å². The molecule has 1 unspecified atom stereocenters. The van der Waals surface area contributed by atoms with Crippen LogP contribution in [0.15, 0.2) is 58.2 Å². The number of ketones is 1. The molecule has 0 radical (unpaired) electrons. The largest absolute Gasteiger partial charge is 0.435 e. The first-order chi connectivity index (χ1) is 12.9. The molecule has 0 N–H and O–H groups in total. The molecule has 1 heterocycles. The highest BCUT2D eigenvalue weighted by Crippen LogP contribution is 2.29. The van der Waals surface area contributed by atoms with Crippen LogP contribution in [-0.4, -0.2) is 27.8 Å². The van der Waals surface area contributed by atoms with Gasteiger partial charge in [-0.2, -0.15) is 8.78 Å². The van der Waals surface area contributed by atoms with Gasteiger partial charge in [-0.1, -0.05) is 23.4 Å². The molecule has 0 aliphatic carbocycles. The second-order valence-electron chi connectivity index (χ2n) is 5.41. The van der Waals surface area contributed by atoms with Gasteiger partial charge in [0, 0.05) is 16.1 Å². The van der Waals surface area contributed by atoms with Gasteiger partial charge in [-0.15, -0.1) is 10.2 Å². The highest BCUT2D eigenvalue weighted by atomic mass is 35.5. The molecule has 0 bridgehead atoms. The lowest BCUT2D eigenvalue weighted by molar-refractivity contribution is -0.0498. The van der Waals surface area contributed by atoms with Crippen LogP contribution in [0.2, 0.25) is 5.02 Å². The van der Waals surface area contributed by atoms with Crippen molar-refractivity contribution in [3.8, 4) is 17.2 Å². The summed E-state index contributed by atoms with van der Waals surface area (Å²) in [7, 11) is 0. The minimum Gasteiger partial charge on any atom is -0.435 e. The van der Waals surface area contributed by atoms with E-state index in [0.29, 0.717) is 16.1 Å². The average molecular weight is 411 g/mol. The minimum atomic E-state index is -2.89. The van der Waals surface area contributed by atoms with Crippen LogP contribution >= 0.6 is 23.4 Å². The molecule has 27 heavy (non-hydrogen) atoms. The van der Waals surface area contributed by atoms with E-state index in [9.17, 15) is 13.6 Å². The number of hydrogen-bond acceptors (Lipinski definition) is 6. The Labute approximate surface area is 162 Å². The predicted octanol–water partition coefficient (Wildman–Crippen LogP) is 5.35. The number of alkyl halides is 2. The molecule has 0 aliphatic heterocycles. The molecule has 140 valence electrons. The lowest BCUT2D eigenvalue weighted by Gasteiger charge is -2.07. The normalized spacial score (nSPS) is 12.2. The van der Waals surface area contributed by atoms with Crippen LogP contribution in [0.25, 0.3) is 11.5 Å². The molecule has 5 nitrogen and oxygen atoms in total. The summed E-state index contributed by atoms with van der Waals surface area (Å²) >= 11 is 6.96. The topological polar surface area (TPSA) is 65.2 Å². The summed E-state index contributed by atoms with van der Waals surface area (Å²) in [5.41, 5.74) is 1.08. The quantitative estimate of drug-likeness (QED) is 0.386. The van der Waals surface area contributed by atoms with Crippen molar-refractivity contribution < 1.29 is 22.7 Å². The van der Waals surface area contributed by atoms with E-state index in [1.54, 1.807) is 31.2 Å². The van der Waals surface area contributed by atoms with Gasteiger partial charge in [0.1, 0.15) is 5.75 Å². The van der Waals surface area contributed by atoms with Gasteiger partial charge in [-0.3, -0.25) is 4.79 Å². The maximum Gasteiger partial charge on any atom is 0.387 e. The first-order valence-electron chi connectivity index (χ1n) is 7.77. The molecular weight excluding hydrogens is 398 g/mol. The fourth-order valence-corrected chi connectivity index (χ4v) is 3.09. The summed E-state index contributed by atoms with van der Waals surface area (Å²) in [6.45, 7) is -1.15. The third kappa shape index (κ3) is 5.05. The van der Waals surface area contributed by atoms with Crippen LogP contribution in [-0.2, 0) is 0 Å². The van der Waals surface area contributed by atoms with E-state index in [2.05, 4.69) is 14.9 Å². The summed E-state index contributed by atoms with van der Waals surface area (Å²) in [4.78, 5) is 12.4. The lowest BCUT2D eigenvalue weighted by Crippen LogP contribution is -2.13. The minimum absolute atomic E-state index is 0.0325. The van der Waals surface area contributed by atoms with Gasteiger partial charge in [0.25, 0.3) is 5.22 Å². The smallest absolute Gasteiger partial charge is 0.387 e. The van der Waals surface area contributed by atoms with Crippen molar-refractivity contribution in [1.29, 1.82) is 0 Å². The van der Waals surface area contributed by atoms with Crippen molar-refractivity contribution in [3.63, 3.8) is 0 Å². The molecule has 3 rings (SSSR count). The van der Waals surface area contributed by atoms with Gasteiger partial charge >= 0.3 is 6.61 Å². The number of hydrogen-bond donors (Lipinski definition) is 0. The maximum atomic E-state index is 12.4. The Bertz CT molecular complexity index is 917. The Hall–Kier alpha value is -2.45. The van der Waals surface area contributed by atoms with E-state index < -0.39 is 11.9 Å². The number of rotatable bonds is 7. The highest BCUT2D eigenvalue weighted by Gasteiger charge is 2.20. The van der Waals surface area contributed by atoms with Gasteiger partial charge in [-0.25, -0.2) is 0 Å². The van der Waals surface area contributed by atoms with Crippen molar-refractivity contribution in [2.45, 2.75) is 24.0 Å². The number of nitrogens with zero attached hydrogens (tertiary/aromatic N) is 2. The zero-order valence-electron chi connectivity index (χ0n) is 13.9. The van der Waals surface area contributed by atoms with E-state index in [-0.39, 0.29) is 22.6 Å². The van der Waals surface area contributed by atoms with E-state index in [1.165, 1.54) is 24.3 Å². The van der Waals surface area contributed by atoms with Crippen molar-refractivity contribution in [2.24, 2.45) is 0 Å². The highest BCUT2D eigenvalue weighted by molar-refractivity contribution is 8.00. The second-order valence-corrected chi connectivity index (χ2v) is 7.14. The molecule has 0 saturated heterocycles. The Balaban J connectivity index is 1.66. The van der Waals surface area contributed by atoms with Crippen molar-refractivity contribution in [3.05, 3.63) is 59.1 Å². The number of benzene rings is 2. The average Bonchev–Trinajstić information content (AvgIpc) is 3.10. The fourth-order valence-electron chi connectivity index (χ4n) is 2.21. The first-order valence-corrected chi connectivity index (χ1v) is 9.03. The first kappa shape index (κ1) is 19.3. The zero-order chi connectivity index (χ0) is 19.4. The van der Waals surface area contributed by atoms with Gasteiger partial charge in [0.15, 0.2) is 5.78 Å².